The lowest BCUT2D eigenvalue weighted by Crippen LogP contribution is -1.97. The van der Waals surface area contributed by atoms with Crippen LogP contribution >= 0.6 is 28.1 Å². The van der Waals surface area contributed by atoms with Crippen LogP contribution in [0.1, 0.15) is 31.2 Å². The van der Waals surface area contributed by atoms with Crippen LogP contribution in [0.5, 0.6) is 5.75 Å². The van der Waals surface area contributed by atoms with E-state index >= 15 is 0 Å². The van der Waals surface area contributed by atoms with Crippen molar-refractivity contribution in [3.63, 3.8) is 0 Å². The van der Waals surface area contributed by atoms with Crippen molar-refractivity contribution >= 4 is 28.1 Å². The molecule has 2 rings (SSSR count). The summed E-state index contributed by atoms with van der Waals surface area (Å²) >= 11 is 8.28. The molecule has 1 aromatic carbocycles. The molecule has 0 radical (unpaired) electrons. The van der Waals surface area contributed by atoms with Crippen molar-refractivity contribution in [2.75, 3.05) is 0 Å². The zero-order chi connectivity index (χ0) is 13.1. The van der Waals surface area contributed by atoms with Crippen molar-refractivity contribution in [1.29, 1.82) is 0 Å². The molecule has 0 fully saturated rings. The molecule has 0 saturated heterocycles. The average molecular weight is 329 g/mol. The molecule has 0 spiro atoms. The lowest BCUT2D eigenvalue weighted by molar-refractivity contribution is 0.260. The Bertz CT molecular complexity index is 592. The normalized spacial score (nSPS) is 10.9. The van der Waals surface area contributed by atoms with E-state index in [2.05, 4.69) is 46.0 Å². The van der Waals surface area contributed by atoms with Gasteiger partial charge in [-0.1, -0.05) is 19.9 Å². The number of rotatable bonds is 4. The lowest BCUT2D eigenvalue weighted by atomic mass is 10.0. The fraction of sp³-hybridized carbons (Fsp3) is 0.333. The van der Waals surface area contributed by atoms with E-state index in [4.69, 9.17) is 21.4 Å². The standard InChI is InChI=1S/C12H13BrN2O2S/c1-7(2)8-3-4-10(9(13)5-8)16-6-11-14-15-12(18)17-11/h3-5,7H,6H2,1-2H3,(H,15,18). The van der Waals surface area contributed by atoms with E-state index in [1.54, 1.807) is 0 Å². The molecule has 0 atom stereocenters. The highest BCUT2D eigenvalue weighted by Gasteiger charge is 2.07. The van der Waals surface area contributed by atoms with Crippen LogP contribution in [0.3, 0.4) is 0 Å². The second-order valence-corrected chi connectivity index (χ2v) is 5.37. The number of halogens is 1. The molecular formula is C12H13BrN2O2S. The first kappa shape index (κ1) is 13.3. The molecule has 1 N–H and O–H groups in total. The van der Waals surface area contributed by atoms with Gasteiger partial charge in [0.05, 0.1) is 4.47 Å². The molecule has 0 saturated carbocycles. The maximum atomic E-state index is 5.60. The zero-order valence-corrected chi connectivity index (χ0v) is 12.5. The smallest absolute Gasteiger partial charge is 0.284 e. The van der Waals surface area contributed by atoms with E-state index in [1.807, 2.05) is 12.1 Å². The first-order chi connectivity index (χ1) is 8.56. The number of hydrogen-bond acceptors (Lipinski definition) is 4. The molecule has 0 aliphatic carbocycles. The summed E-state index contributed by atoms with van der Waals surface area (Å²) in [5.41, 5.74) is 1.26. The number of nitrogens with zero attached hydrogens (tertiary/aromatic N) is 1. The minimum atomic E-state index is 0.243. The largest absolute Gasteiger partial charge is 0.483 e. The van der Waals surface area contributed by atoms with Crippen LogP contribution in [0, 0.1) is 4.84 Å². The van der Waals surface area contributed by atoms with Crippen molar-refractivity contribution in [1.82, 2.24) is 10.2 Å². The molecule has 0 aliphatic heterocycles. The molecule has 18 heavy (non-hydrogen) atoms. The van der Waals surface area contributed by atoms with E-state index in [9.17, 15) is 0 Å². The van der Waals surface area contributed by atoms with Crippen molar-refractivity contribution in [3.05, 3.63) is 39.0 Å². The highest BCUT2D eigenvalue weighted by molar-refractivity contribution is 9.10. The van der Waals surface area contributed by atoms with Gasteiger partial charge in [0.1, 0.15) is 5.75 Å². The quantitative estimate of drug-likeness (QED) is 0.854. The number of nitrogens with one attached hydrogen (secondary N) is 1. The molecule has 6 heteroatoms. The van der Waals surface area contributed by atoms with E-state index in [-0.39, 0.29) is 11.4 Å². The lowest BCUT2D eigenvalue weighted by Gasteiger charge is -2.10. The van der Waals surface area contributed by atoms with Crippen molar-refractivity contribution in [2.45, 2.75) is 26.4 Å². The van der Waals surface area contributed by atoms with Gasteiger partial charge in [-0.2, -0.15) is 0 Å². The number of hydrogen-bond donors (Lipinski definition) is 1. The maximum absolute atomic E-state index is 5.60. The van der Waals surface area contributed by atoms with Gasteiger partial charge in [-0.05, 0) is 51.8 Å². The van der Waals surface area contributed by atoms with Crippen LogP contribution in [0.15, 0.2) is 27.1 Å². The van der Waals surface area contributed by atoms with E-state index in [0.717, 1.165) is 10.2 Å². The number of aromatic amines is 1. The third-order valence-corrected chi connectivity index (χ3v) is 3.25. The van der Waals surface area contributed by atoms with Crippen LogP contribution in [-0.2, 0) is 6.61 Å². The fourth-order valence-electron chi connectivity index (χ4n) is 1.46. The molecule has 1 heterocycles. The van der Waals surface area contributed by atoms with E-state index < -0.39 is 0 Å². The van der Waals surface area contributed by atoms with Crippen molar-refractivity contribution < 1.29 is 9.15 Å². The predicted octanol–water partition coefficient (Wildman–Crippen LogP) is 4.20. The summed E-state index contributed by atoms with van der Waals surface area (Å²) in [4.78, 5) is 0.253. The Labute approximate surface area is 118 Å². The highest BCUT2D eigenvalue weighted by atomic mass is 79.9. The van der Waals surface area contributed by atoms with Crippen LogP contribution in [-0.4, -0.2) is 10.2 Å². The van der Waals surface area contributed by atoms with E-state index in [1.165, 1.54) is 5.56 Å². The van der Waals surface area contributed by atoms with Gasteiger partial charge in [0.15, 0.2) is 6.61 Å². The van der Waals surface area contributed by atoms with Gasteiger partial charge in [-0.15, -0.1) is 5.10 Å². The van der Waals surface area contributed by atoms with Gasteiger partial charge in [-0.3, -0.25) is 0 Å². The molecule has 0 bridgehead atoms. The highest BCUT2D eigenvalue weighted by Crippen LogP contribution is 2.29. The van der Waals surface area contributed by atoms with Crippen LogP contribution < -0.4 is 4.74 Å². The molecule has 4 nitrogen and oxygen atoms in total. The topological polar surface area (TPSA) is 51.0 Å². The SMILES string of the molecule is CC(C)c1ccc(OCc2n[nH]c(=S)o2)c(Br)c1. The van der Waals surface area contributed by atoms with Crippen LogP contribution in [0.25, 0.3) is 0 Å². The van der Waals surface area contributed by atoms with Gasteiger partial charge in [-0.25, -0.2) is 5.10 Å². The average Bonchev–Trinajstić information content (AvgIpc) is 2.73. The summed E-state index contributed by atoms with van der Waals surface area (Å²) in [6.45, 7) is 4.54. The molecule has 1 aromatic heterocycles. The minimum absolute atomic E-state index is 0.243. The summed E-state index contributed by atoms with van der Waals surface area (Å²) in [6, 6.07) is 6.03. The third kappa shape index (κ3) is 3.20. The maximum Gasteiger partial charge on any atom is 0.284 e. The molecular weight excluding hydrogens is 316 g/mol. The Kier molecular flexibility index (Phi) is 4.19. The number of aromatic nitrogens is 2. The summed E-state index contributed by atoms with van der Waals surface area (Å²) in [5.74, 6) is 1.67. The Morgan fingerprint density at radius 3 is 2.83 bits per heavy atom. The summed E-state index contributed by atoms with van der Waals surface area (Å²) in [5, 5.41) is 6.42. The molecule has 96 valence electrons. The fourth-order valence-corrected chi connectivity index (χ4v) is 2.11. The van der Waals surface area contributed by atoms with Crippen LogP contribution in [0.2, 0.25) is 0 Å². The Hall–Kier alpha value is -1.14. The second kappa shape index (κ2) is 5.67. The van der Waals surface area contributed by atoms with Gasteiger partial charge >= 0.3 is 0 Å². The molecule has 0 unspecified atom stereocenters. The number of ether oxygens (including phenoxy) is 1. The first-order valence-electron chi connectivity index (χ1n) is 5.53. The third-order valence-electron chi connectivity index (χ3n) is 2.46. The number of H-pyrrole nitrogens is 1. The van der Waals surface area contributed by atoms with Crippen molar-refractivity contribution in [2.24, 2.45) is 0 Å². The van der Waals surface area contributed by atoms with E-state index in [0.29, 0.717) is 11.8 Å². The monoisotopic (exact) mass is 328 g/mol. The van der Waals surface area contributed by atoms with Gasteiger partial charge in [0.2, 0.25) is 0 Å². The predicted molar refractivity (Wildman–Crippen MR) is 74.3 cm³/mol. The van der Waals surface area contributed by atoms with Crippen LogP contribution in [0.4, 0.5) is 0 Å². The molecule has 0 amide bonds. The van der Waals surface area contributed by atoms with Gasteiger partial charge in [0, 0.05) is 0 Å². The first-order valence-corrected chi connectivity index (χ1v) is 6.73. The number of benzene rings is 1. The summed E-state index contributed by atoms with van der Waals surface area (Å²) in [6.07, 6.45) is 0. The van der Waals surface area contributed by atoms with Crippen molar-refractivity contribution in [3.8, 4) is 5.75 Å². The summed E-state index contributed by atoms with van der Waals surface area (Å²) in [7, 11) is 0. The van der Waals surface area contributed by atoms with Gasteiger partial charge < -0.3 is 9.15 Å². The zero-order valence-electron chi connectivity index (χ0n) is 10.1. The minimum Gasteiger partial charge on any atom is -0.483 e. The second-order valence-electron chi connectivity index (χ2n) is 4.14. The van der Waals surface area contributed by atoms with Gasteiger partial charge in [0.25, 0.3) is 10.7 Å². The Morgan fingerprint density at radius 1 is 1.50 bits per heavy atom. The molecule has 0 aliphatic rings. The summed E-state index contributed by atoms with van der Waals surface area (Å²) < 4.78 is 11.6. The Balaban J connectivity index is 2.08. The molecule has 2 aromatic rings. The Morgan fingerprint density at radius 2 is 2.28 bits per heavy atom.